The minimum absolute atomic E-state index is 0.0332. The van der Waals surface area contributed by atoms with Crippen molar-refractivity contribution < 1.29 is 8.42 Å². The number of benzene rings is 1. The molecule has 6 nitrogen and oxygen atoms in total. The zero-order chi connectivity index (χ0) is 14.7. The van der Waals surface area contributed by atoms with Crippen LogP contribution >= 0.6 is 0 Å². The van der Waals surface area contributed by atoms with Crippen LogP contribution < -0.4 is 5.32 Å². The molecule has 0 radical (unpaired) electrons. The predicted molar refractivity (Wildman–Crippen MR) is 79.3 cm³/mol. The van der Waals surface area contributed by atoms with Crippen LogP contribution in [0.25, 0.3) is 0 Å². The van der Waals surface area contributed by atoms with E-state index in [1.165, 1.54) is 4.31 Å². The summed E-state index contributed by atoms with van der Waals surface area (Å²) in [5.74, 6) is 0.529. The van der Waals surface area contributed by atoms with Crippen LogP contribution in [0, 0.1) is 0 Å². The van der Waals surface area contributed by atoms with E-state index in [1.807, 2.05) is 0 Å². The number of sulfonamides is 1. The normalized spacial score (nSPS) is 19.5. The summed E-state index contributed by atoms with van der Waals surface area (Å²) in [6, 6.07) is 10.3. The molecule has 2 heterocycles. The molecule has 1 aliphatic rings. The van der Waals surface area contributed by atoms with Gasteiger partial charge >= 0.3 is 0 Å². The van der Waals surface area contributed by atoms with Gasteiger partial charge in [-0.05, 0) is 24.6 Å². The standard InChI is InChI=1S/C14H16N4O2S/c19-21(20,13-5-2-1-3-6-13)18-10-7-12(11-18)17-14-15-8-4-9-16-14/h1-6,8-9,12H,7,10-11H2,(H,15,16,17)/t12-/m0/s1. The van der Waals surface area contributed by atoms with Crippen molar-refractivity contribution in [3.63, 3.8) is 0 Å². The first kappa shape index (κ1) is 14.0. The first-order valence-corrected chi connectivity index (χ1v) is 8.19. The average Bonchev–Trinajstić information content (AvgIpc) is 2.98. The number of aromatic nitrogens is 2. The Kier molecular flexibility index (Phi) is 3.85. The molecule has 1 saturated heterocycles. The molecular weight excluding hydrogens is 288 g/mol. The lowest BCUT2D eigenvalue weighted by Crippen LogP contribution is -2.31. The van der Waals surface area contributed by atoms with Gasteiger partial charge in [-0.1, -0.05) is 18.2 Å². The number of hydrogen-bond donors (Lipinski definition) is 1. The van der Waals surface area contributed by atoms with Gasteiger partial charge in [0.15, 0.2) is 0 Å². The molecule has 21 heavy (non-hydrogen) atoms. The summed E-state index contributed by atoms with van der Waals surface area (Å²) in [6.45, 7) is 0.928. The molecule has 1 aromatic heterocycles. The third-order valence-electron chi connectivity index (χ3n) is 3.43. The van der Waals surface area contributed by atoms with Crippen LogP contribution in [0.15, 0.2) is 53.7 Å². The van der Waals surface area contributed by atoms with Crippen molar-refractivity contribution >= 4 is 16.0 Å². The molecule has 110 valence electrons. The molecule has 2 aromatic rings. The summed E-state index contributed by atoms with van der Waals surface area (Å²) in [6.07, 6.45) is 4.05. The number of nitrogens with one attached hydrogen (secondary N) is 1. The number of nitrogens with zero attached hydrogens (tertiary/aromatic N) is 3. The van der Waals surface area contributed by atoms with Gasteiger partial charge in [-0.15, -0.1) is 0 Å². The maximum absolute atomic E-state index is 12.5. The fourth-order valence-corrected chi connectivity index (χ4v) is 3.88. The number of anilines is 1. The molecule has 1 atom stereocenters. The molecular formula is C14H16N4O2S. The Labute approximate surface area is 123 Å². The Balaban J connectivity index is 1.70. The topological polar surface area (TPSA) is 75.2 Å². The Morgan fingerprint density at radius 3 is 2.52 bits per heavy atom. The highest BCUT2D eigenvalue weighted by Gasteiger charge is 2.32. The minimum atomic E-state index is -3.41. The van der Waals surface area contributed by atoms with Gasteiger partial charge in [-0.2, -0.15) is 4.31 Å². The van der Waals surface area contributed by atoms with Gasteiger partial charge in [0.05, 0.1) is 4.90 Å². The molecule has 7 heteroatoms. The molecule has 0 saturated carbocycles. The fraction of sp³-hybridized carbons (Fsp3) is 0.286. The van der Waals surface area contributed by atoms with Crippen molar-refractivity contribution in [1.29, 1.82) is 0 Å². The zero-order valence-corrected chi connectivity index (χ0v) is 12.2. The second-order valence-electron chi connectivity index (χ2n) is 4.88. The third-order valence-corrected chi connectivity index (χ3v) is 5.31. The second kappa shape index (κ2) is 5.79. The van der Waals surface area contributed by atoms with Crippen molar-refractivity contribution in [2.24, 2.45) is 0 Å². The summed E-state index contributed by atoms with van der Waals surface area (Å²) in [4.78, 5) is 8.53. The second-order valence-corrected chi connectivity index (χ2v) is 6.82. The predicted octanol–water partition coefficient (Wildman–Crippen LogP) is 1.35. The highest BCUT2D eigenvalue weighted by Crippen LogP contribution is 2.22. The summed E-state index contributed by atoms with van der Waals surface area (Å²) in [5.41, 5.74) is 0. The molecule has 0 unspecified atom stereocenters. The van der Waals surface area contributed by atoms with E-state index in [-0.39, 0.29) is 6.04 Å². The lowest BCUT2D eigenvalue weighted by molar-refractivity contribution is 0.474. The van der Waals surface area contributed by atoms with E-state index < -0.39 is 10.0 Å². The zero-order valence-electron chi connectivity index (χ0n) is 11.4. The molecule has 1 aromatic carbocycles. The van der Waals surface area contributed by atoms with Gasteiger partial charge in [0.2, 0.25) is 16.0 Å². The van der Waals surface area contributed by atoms with Crippen LogP contribution in [0.2, 0.25) is 0 Å². The van der Waals surface area contributed by atoms with Crippen molar-refractivity contribution in [1.82, 2.24) is 14.3 Å². The molecule has 1 N–H and O–H groups in total. The molecule has 0 amide bonds. The summed E-state index contributed by atoms with van der Waals surface area (Å²) in [7, 11) is -3.41. The highest BCUT2D eigenvalue weighted by atomic mass is 32.2. The van der Waals surface area contributed by atoms with Crippen molar-refractivity contribution in [3.05, 3.63) is 48.8 Å². The minimum Gasteiger partial charge on any atom is -0.350 e. The quantitative estimate of drug-likeness (QED) is 0.923. The lowest BCUT2D eigenvalue weighted by Gasteiger charge is -2.17. The summed E-state index contributed by atoms with van der Waals surface area (Å²) in [5, 5.41) is 3.17. The largest absolute Gasteiger partial charge is 0.350 e. The van der Waals surface area contributed by atoms with Gasteiger partial charge in [-0.25, -0.2) is 18.4 Å². The third kappa shape index (κ3) is 3.03. The summed E-state index contributed by atoms with van der Waals surface area (Å²) < 4.78 is 26.5. The Bertz CT molecular complexity index is 691. The van der Waals surface area contributed by atoms with Gasteiger partial charge < -0.3 is 5.32 Å². The molecule has 1 fully saturated rings. The molecule has 1 aliphatic heterocycles. The van der Waals surface area contributed by atoms with Gasteiger partial charge in [0.25, 0.3) is 0 Å². The molecule has 3 rings (SSSR count). The Hall–Kier alpha value is -1.99. The van der Waals surface area contributed by atoms with Crippen LogP contribution in [0.4, 0.5) is 5.95 Å². The fourth-order valence-electron chi connectivity index (χ4n) is 2.36. The monoisotopic (exact) mass is 304 g/mol. The van der Waals surface area contributed by atoms with E-state index in [9.17, 15) is 8.42 Å². The Morgan fingerprint density at radius 1 is 1.10 bits per heavy atom. The van der Waals surface area contributed by atoms with Crippen molar-refractivity contribution in [2.45, 2.75) is 17.4 Å². The van der Waals surface area contributed by atoms with Gasteiger partial charge in [0, 0.05) is 31.5 Å². The first-order chi connectivity index (χ1) is 10.2. The smallest absolute Gasteiger partial charge is 0.243 e. The average molecular weight is 304 g/mol. The van der Waals surface area contributed by atoms with E-state index in [2.05, 4.69) is 15.3 Å². The first-order valence-electron chi connectivity index (χ1n) is 6.75. The van der Waals surface area contributed by atoms with E-state index in [0.717, 1.165) is 6.42 Å². The Morgan fingerprint density at radius 2 is 1.81 bits per heavy atom. The molecule has 0 aliphatic carbocycles. The van der Waals surface area contributed by atoms with Gasteiger partial charge in [-0.3, -0.25) is 0 Å². The van der Waals surface area contributed by atoms with Crippen molar-refractivity contribution in [2.75, 3.05) is 18.4 Å². The molecule has 0 spiro atoms. The van der Waals surface area contributed by atoms with E-state index in [1.54, 1.807) is 48.8 Å². The van der Waals surface area contributed by atoms with Crippen LogP contribution in [0.1, 0.15) is 6.42 Å². The van der Waals surface area contributed by atoms with E-state index in [0.29, 0.717) is 23.9 Å². The van der Waals surface area contributed by atoms with Gasteiger partial charge in [0.1, 0.15) is 0 Å². The SMILES string of the molecule is O=S(=O)(c1ccccc1)N1CC[C@H](Nc2ncccn2)C1. The number of rotatable bonds is 4. The number of hydrogen-bond acceptors (Lipinski definition) is 5. The van der Waals surface area contributed by atoms with Crippen molar-refractivity contribution in [3.8, 4) is 0 Å². The van der Waals surface area contributed by atoms with E-state index >= 15 is 0 Å². The summed E-state index contributed by atoms with van der Waals surface area (Å²) >= 11 is 0. The maximum Gasteiger partial charge on any atom is 0.243 e. The van der Waals surface area contributed by atoms with Crippen LogP contribution in [0.3, 0.4) is 0 Å². The lowest BCUT2D eigenvalue weighted by atomic mass is 10.3. The van der Waals surface area contributed by atoms with Crippen LogP contribution in [-0.2, 0) is 10.0 Å². The van der Waals surface area contributed by atoms with E-state index in [4.69, 9.17) is 0 Å². The molecule has 0 bridgehead atoms. The van der Waals surface area contributed by atoms with Crippen LogP contribution in [0.5, 0.6) is 0 Å². The van der Waals surface area contributed by atoms with Crippen LogP contribution in [-0.4, -0.2) is 41.8 Å². The maximum atomic E-state index is 12.5. The highest BCUT2D eigenvalue weighted by molar-refractivity contribution is 7.89.